The van der Waals surface area contributed by atoms with Gasteiger partial charge in [0.1, 0.15) is 12.6 Å². The molecule has 0 aliphatic heterocycles. The quantitative estimate of drug-likeness (QED) is 0.130. The van der Waals surface area contributed by atoms with E-state index in [2.05, 4.69) is 27.5 Å². The van der Waals surface area contributed by atoms with Crippen molar-refractivity contribution in [3.05, 3.63) is 138 Å². The van der Waals surface area contributed by atoms with Crippen molar-refractivity contribution < 1.29 is 27.5 Å². The summed E-state index contributed by atoms with van der Waals surface area (Å²) in [4.78, 5) is 26.3. The van der Waals surface area contributed by atoms with Crippen LogP contribution in [0.4, 0.5) is 4.79 Å². The molecular weight excluding hydrogens is 639 g/mol. The molecule has 2 atom stereocenters. The Labute approximate surface area is 286 Å². The second-order valence-electron chi connectivity index (χ2n) is 12.1. The number of ether oxygens (including phenoxy) is 2. The van der Waals surface area contributed by atoms with Gasteiger partial charge >= 0.3 is 6.09 Å². The van der Waals surface area contributed by atoms with Crippen molar-refractivity contribution in [2.24, 2.45) is 0 Å². The lowest BCUT2D eigenvalue weighted by atomic mass is 9.98. The molecule has 3 N–H and O–H groups in total. The number of sulfonamides is 1. The molecule has 10 heteroatoms. The van der Waals surface area contributed by atoms with Crippen LogP contribution in [0, 0.1) is 6.92 Å². The number of carbonyl (C=O) groups excluding carboxylic acids is 2. The van der Waals surface area contributed by atoms with Crippen molar-refractivity contribution in [3.63, 3.8) is 0 Å². The van der Waals surface area contributed by atoms with Gasteiger partial charge in [0.25, 0.3) is 0 Å². The number of benzene rings is 5. The minimum absolute atomic E-state index is 0.0418. The third kappa shape index (κ3) is 7.67. The van der Waals surface area contributed by atoms with Crippen molar-refractivity contribution in [2.45, 2.75) is 43.4 Å². The maximum absolute atomic E-state index is 13.8. The number of hydrogen-bond donors (Lipinski definition) is 3. The second kappa shape index (κ2) is 15.0. The van der Waals surface area contributed by atoms with E-state index < -0.39 is 34.2 Å². The molecule has 49 heavy (non-hydrogen) atoms. The van der Waals surface area contributed by atoms with Gasteiger partial charge < -0.3 is 20.1 Å². The largest absolute Gasteiger partial charge is 0.449 e. The second-order valence-corrected chi connectivity index (χ2v) is 13.8. The predicted molar refractivity (Wildman–Crippen MR) is 190 cm³/mol. The first-order chi connectivity index (χ1) is 23.7. The van der Waals surface area contributed by atoms with Gasteiger partial charge in [-0.1, -0.05) is 109 Å². The van der Waals surface area contributed by atoms with Gasteiger partial charge in [-0.25, -0.2) is 13.2 Å². The minimum atomic E-state index is -4.16. The van der Waals surface area contributed by atoms with E-state index in [0.29, 0.717) is 5.39 Å². The molecule has 0 heterocycles. The van der Waals surface area contributed by atoms with Gasteiger partial charge in [0.05, 0.1) is 17.6 Å². The van der Waals surface area contributed by atoms with E-state index in [1.165, 1.54) is 0 Å². The first kappa shape index (κ1) is 33.9. The summed E-state index contributed by atoms with van der Waals surface area (Å²) in [5, 5.41) is 6.78. The molecule has 9 nitrogen and oxygen atoms in total. The molecule has 0 saturated carbocycles. The number of alkyl carbamates (subject to hydrolysis) is 1. The highest BCUT2D eigenvalue weighted by Gasteiger charge is 2.32. The molecule has 1 aliphatic carbocycles. The summed E-state index contributed by atoms with van der Waals surface area (Å²) in [6.07, 6.45) is -1.44. The number of nitrogens with one attached hydrogen (secondary N) is 3. The summed E-state index contributed by atoms with van der Waals surface area (Å²) in [7, 11) is -4.16. The lowest BCUT2D eigenvalue weighted by molar-refractivity contribution is -0.126. The van der Waals surface area contributed by atoms with Gasteiger partial charge in [-0.15, -0.1) is 0 Å². The smallest absolute Gasteiger partial charge is 0.407 e. The molecule has 0 radical (unpaired) electrons. The van der Waals surface area contributed by atoms with E-state index >= 15 is 0 Å². The standard InChI is InChI=1S/C39H39N3O6S/c1-26-20-21-36(34-19-11-6-14-29(26)34)49(45,46)42-37(27(2)47-24-28-12-4-3-5-13-28)38(43)40-22-23-41-39(44)48-25-35-32-17-9-7-15-30(32)31-16-8-10-18-33(31)35/h3-21,27,35,37,42H,22-25H2,1-2H3,(H,40,43)(H,41,44)/t27-,37+/m0/s1. The lowest BCUT2D eigenvalue weighted by Crippen LogP contribution is -2.53. The van der Waals surface area contributed by atoms with Crippen molar-refractivity contribution in [1.82, 2.24) is 15.4 Å². The zero-order valence-corrected chi connectivity index (χ0v) is 28.2. The fraction of sp³-hybridized carbons (Fsp3) is 0.231. The number of aryl methyl sites for hydroxylation is 1. The Balaban J connectivity index is 1.08. The molecule has 2 amide bonds. The Morgan fingerprint density at radius 2 is 1.33 bits per heavy atom. The van der Waals surface area contributed by atoms with E-state index in [9.17, 15) is 18.0 Å². The lowest BCUT2D eigenvalue weighted by Gasteiger charge is -2.25. The van der Waals surface area contributed by atoms with E-state index in [-0.39, 0.29) is 37.1 Å². The van der Waals surface area contributed by atoms with Crippen LogP contribution in [0.2, 0.25) is 0 Å². The number of rotatable bonds is 13. The van der Waals surface area contributed by atoms with Gasteiger partial charge in [0.15, 0.2) is 0 Å². The average molecular weight is 678 g/mol. The molecule has 0 fully saturated rings. The Bertz CT molecular complexity index is 2020. The average Bonchev–Trinajstić information content (AvgIpc) is 3.44. The fourth-order valence-electron chi connectivity index (χ4n) is 6.26. The number of fused-ring (bicyclic) bond motifs is 4. The number of hydrogen-bond acceptors (Lipinski definition) is 6. The summed E-state index contributed by atoms with van der Waals surface area (Å²) in [6, 6.07) is 34.9. The molecule has 1 aliphatic rings. The van der Waals surface area contributed by atoms with Crippen LogP contribution in [0.5, 0.6) is 0 Å². The van der Waals surface area contributed by atoms with Gasteiger partial charge in [0, 0.05) is 24.4 Å². The molecular formula is C39H39N3O6S. The Morgan fingerprint density at radius 1 is 0.735 bits per heavy atom. The first-order valence-corrected chi connectivity index (χ1v) is 17.7. The maximum Gasteiger partial charge on any atom is 0.407 e. The van der Waals surface area contributed by atoms with Crippen LogP contribution in [0.15, 0.2) is 120 Å². The van der Waals surface area contributed by atoms with Crippen LogP contribution < -0.4 is 15.4 Å². The fourth-order valence-corrected chi connectivity index (χ4v) is 7.73. The van der Waals surface area contributed by atoms with Crippen LogP contribution >= 0.6 is 0 Å². The molecule has 0 spiro atoms. The molecule has 0 bridgehead atoms. The van der Waals surface area contributed by atoms with Crippen LogP contribution in [0.3, 0.4) is 0 Å². The highest BCUT2D eigenvalue weighted by molar-refractivity contribution is 7.89. The van der Waals surface area contributed by atoms with E-state index in [1.807, 2.05) is 85.8 Å². The summed E-state index contributed by atoms with van der Waals surface area (Å²) < 4.78 is 41.8. The molecule has 5 aromatic carbocycles. The summed E-state index contributed by atoms with van der Waals surface area (Å²) in [6.45, 7) is 4.03. The zero-order valence-electron chi connectivity index (χ0n) is 27.4. The van der Waals surface area contributed by atoms with Gasteiger partial charge in [-0.2, -0.15) is 4.72 Å². The van der Waals surface area contributed by atoms with Gasteiger partial charge in [0.2, 0.25) is 15.9 Å². The summed E-state index contributed by atoms with van der Waals surface area (Å²) >= 11 is 0. The Hall–Kier alpha value is -5.03. The number of amides is 2. The summed E-state index contributed by atoms with van der Waals surface area (Å²) in [5.74, 6) is -0.662. The molecule has 252 valence electrons. The Kier molecular flexibility index (Phi) is 10.4. The molecule has 5 aromatic rings. The van der Waals surface area contributed by atoms with Gasteiger partial charge in [-0.3, -0.25) is 4.79 Å². The third-order valence-corrected chi connectivity index (χ3v) is 10.3. The van der Waals surface area contributed by atoms with Crippen LogP contribution in [0.1, 0.15) is 35.1 Å². The topological polar surface area (TPSA) is 123 Å². The van der Waals surface area contributed by atoms with E-state index in [4.69, 9.17) is 9.47 Å². The minimum Gasteiger partial charge on any atom is -0.449 e. The highest BCUT2D eigenvalue weighted by Crippen LogP contribution is 2.44. The molecule has 0 saturated heterocycles. The molecule has 6 rings (SSSR count). The van der Waals surface area contributed by atoms with Crippen LogP contribution in [-0.4, -0.2) is 52.3 Å². The van der Waals surface area contributed by atoms with Crippen molar-refractivity contribution in [2.75, 3.05) is 19.7 Å². The van der Waals surface area contributed by atoms with Crippen LogP contribution in [-0.2, 0) is 30.9 Å². The van der Waals surface area contributed by atoms with Crippen molar-refractivity contribution in [3.8, 4) is 11.1 Å². The van der Waals surface area contributed by atoms with E-state index in [0.717, 1.165) is 38.8 Å². The summed E-state index contributed by atoms with van der Waals surface area (Å²) in [5.41, 5.74) is 6.31. The monoisotopic (exact) mass is 677 g/mol. The number of carbonyl (C=O) groups is 2. The normalized spacial score (nSPS) is 13.7. The maximum atomic E-state index is 13.8. The van der Waals surface area contributed by atoms with E-state index in [1.54, 1.807) is 31.2 Å². The SMILES string of the molecule is Cc1ccc(S(=O)(=O)N[C@@H](C(=O)NCCNC(=O)OCC2c3ccccc3-c3ccccc32)[C@H](C)OCc2ccccc2)c2ccccc12. The zero-order chi connectivity index (χ0) is 34.4. The molecule has 0 aromatic heterocycles. The van der Waals surface area contributed by atoms with Crippen molar-refractivity contribution >= 4 is 32.8 Å². The highest BCUT2D eigenvalue weighted by atomic mass is 32.2. The van der Waals surface area contributed by atoms with Gasteiger partial charge in [-0.05, 0) is 58.7 Å². The molecule has 0 unspecified atom stereocenters. The first-order valence-electron chi connectivity index (χ1n) is 16.3. The third-order valence-electron chi connectivity index (χ3n) is 8.82. The van der Waals surface area contributed by atoms with Crippen LogP contribution in [0.25, 0.3) is 21.9 Å². The Morgan fingerprint density at radius 3 is 2.02 bits per heavy atom. The predicted octanol–water partition coefficient (Wildman–Crippen LogP) is 6.06. The van der Waals surface area contributed by atoms with Crippen molar-refractivity contribution in [1.29, 1.82) is 0 Å².